The van der Waals surface area contributed by atoms with E-state index in [9.17, 15) is 0 Å². The SMILES string of the molecule is CC=C=C(/C=C\C/C(N)=N/SN)N1CCC(N(CC)CC)CC1. The van der Waals surface area contributed by atoms with Gasteiger partial charge in [0.25, 0.3) is 0 Å². The van der Waals surface area contributed by atoms with Crippen molar-refractivity contribution < 1.29 is 0 Å². The van der Waals surface area contributed by atoms with Crippen LogP contribution in [0.4, 0.5) is 0 Å². The summed E-state index contributed by atoms with van der Waals surface area (Å²) in [5, 5.41) is 5.28. The van der Waals surface area contributed by atoms with Gasteiger partial charge < -0.3 is 15.5 Å². The molecule has 0 radical (unpaired) electrons. The van der Waals surface area contributed by atoms with Crippen LogP contribution in [0, 0.1) is 0 Å². The molecule has 1 aliphatic rings. The lowest BCUT2D eigenvalue weighted by molar-refractivity contribution is 0.136. The van der Waals surface area contributed by atoms with Crippen LogP contribution in [-0.2, 0) is 0 Å². The van der Waals surface area contributed by atoms with Crippen LogP contribution in [-0.4, -0.2) is 47.9 Å². The number of piperidine rings is 1. The second kappa shape index (κ2) is 11.4. The summed E-state index contributed by atoms with van der Waals surface area (Å²) in [5.41, 5.74) is 10.2. The summed E-state index contributed by atoms with van der Waals surface area (Å²) < 4.78 is 3.91. The molecule has 1 fully saturated rings. The minimum Gasteiger partial charge on any atom is -0.386 e. The molecule has 130 valence electrons. The number of hydrogen-bond acceptors (Lipinski definition) is 5. The van der Waals surface area contributed by atoms with E-state index in [1.807, 2.05) is 19.1 Å². The summed E-state index contributed by atoms with van der Waals surface area (Å²) in [7, 11) is 0. The van der Waals surface area contributed by atoms with Crippen molar-refractivity contribution in [1.29, 1.82) is 0 Å². The topological polar surface area (TPSA) is 70.9 Å². The van der Waals surface area contributed by atoms with Crippen molar-refractivity contribution in [3.8, 4) is 0 Å². The van der Waals surface area contributed by atoms with E-state index in [4.69, 9.17) is 10.9 Å². The number of nitrogens with two attached hydrogens (primary N) is 2. The van der Waals surface area contributed by atoms with Crippen molar-refractivity contribution >= 4 is 18.0 Å². The van der Waals surface area contributed by atoms with Crippen molar-refractivity contribution in [2.24, 2.45) is 15.3 Å². The monoisotopic (exact) mass is 337 g/mol. The molecule has 23 heavy (non-hydrogen) atoms. The zero-order valence-corrected chi connectivity index (χ0v) is 15.5. The molecule has 1 aliphatic heterocycles. The normalized spacial score (nSPS) is 16.9. The van der Waals surface area contributed by atoms with Crippen LogP contribution in [0.25, 0.3) is 0 Å². The molecule has 0 bridgehead atoms. The second-order valence-electron chi connectivity index (χ2n) is 5.55. The Morgan fingerprint density at radius 3 is 2.52 bits per heavy atom. The lowest BCUT2D eigenvalue weighted by atomic mass is 10.0. The molecule has 0 unspecified atom stereocenters. The van der Waals surface area contributed by atoms with Gasteiger partial charge in [-0.25, -0.2) is 0 Å². The largest absolute Gasteiger partial charge is 0.386 e. The third kappa shape index (κ3) is 6.83. The van der Waals surface area contributed by atoms with Crippen molar-refractivity contribution in [2.75, 3.05) is 26.2 Å². The lowest BCUT2D eigenvalue weighted by Gasteiger charge is -2.38. The van der Waals surface area contributed by atoms with Gasteiger partial charge in [-0.3, -0.25) is 5.14 Å². The highest BCUT2D eigenvalue weighted by Gasteiger charge is 2.23. The Bertz CT molecular complexity index is 454. The van der Waals surface area contributed by atoms with Gasteiger partial charge in [0, 0.05) is 25.6 Å². The van der Waals surface area contributed by atoms with Gasteiger partial charge in [0.1, 0.15) is 5.84 Å². The predicted molar refractivity (Wildman–Crippen MR) is 102 cm³/mol. The van der Waals surface area contributed by atoms with E-state index in [1.165, 1.54) is 12.8 Å². The van der Waals surface area contributed by atoms with E-state index in [0.29, 0.717) is 18.3 Å². The van der Waals surface area contributed by atoms with Crippen molar-refractivity contribution in [3.05, 3.63) is 29.7 Å². The average molecular weight is 338 g/mol. The molecular weight excluding hydrogens is 306 g/mol. The molecular formula is C17H31N5S. The number of allylic oxidation sites excluding steroid dienone is 1. The predicted octanol–water partition coefficient (Wildman–Crippen LogP) is 2.68. The van der Waals surface area contributed by atoms with Crippen LogP contribution in [0.3, 0.4) is 0 Å². The van der Waals surface area contributed by atoms with Crippen LogP contribution in [0.15, 0.2) is 34.1 Å². The molecule has 5 nitrogen and oxygen atoms in total. The molecule has 4 N–H and O–H groups in total. The third-order valence-electron chi connectivity index (χ3n) is 4.20. The molecule has 0 spiro atoms. The van der Waals surface area contributed by atoms with Crippen molar-refractivity contribution in [3.63, 3.8) is 0 Å². The fourth-order valence-corrected chi connectivity index (χ4v) is 3.21. The minimum absolute atomic E-state index is 0.536. The van der Waals surface area contributed by atoms with Crippen LogP contribution in [0.1, 0.15) is 40.0 Å². The van der Waals surface area contributed by atoms with E-state index in [-0.39, 0.29) is 0 Å². The van der Waals surface area contributed by atoms with Gasteiger partial charge in [0.2, 0.25) is 0 Å². The summed E-state index contributed by atoms with van der Waals surface area (Å²) in [5.74, 6) is 0.536. The van der Waals surface area contributed by atoms with Gasteiger partial charge in [-0.15, -0.1) is 0 Å². The zero-order valence-electron chi connectivity index (χ0n) is 14.7. The Morgan fingerprint density at radius 1 is 1.35 bits per heavy atom. The summed E-state index contributed by atoms with van der Waals surface area (Å²) in [6.07, 6.45) is 9.09. The van der Waals surface area contributed by atoms with Crippen molar-refractivity contribution in [2.45, 2.75) is 46.1 Å². The van der Waals surface area contributed by atoms with Crippen LogP contribution < -0.4 is 10.9 Å². The molecule has 0 aromatic heterocycles. The fourth-order valence-electron chi connectivity index (χ4n) is 3.00. The zero-order chi connectivity index (χ0) is 17.1. The Kier molecular flexibility index (Phi) is 9.80. The maximum Gasteiger partial charge on any atom is 0.113 e. The third-order valence-corrected chi connectivity index (χ3v) is 4.54. The number of amidine groups is 1. The molecule has 0 aromatic rings. The number of rotatable bonds is 8. The first kappa shape index (κ1) is 19.8. The molecule has 0 saturated carbocycles. The van der Waals surface area contributed by atoms with Gasteiger partial charge >= 0.3 is 0 Å². The maximum absolute atomic E-state index is 5.75. The first-order chi connectivity index (χ1) is 11.2. The highest BCUT2D eigenvalue weighted by Crippen LogP contribution is 2.20. The molecule has 1 rings (SSSR count). The molecule has 0 amide bonds. The Morgan fingerprint density at radius 2 is 2.00 bits per heavy atom. The summed E-state index contributed by atoms with van der Waals surface area (Å²) in [6, 6.07) is 0.710. The van der Waals surface area contributed by atoms with Gasteiger partial charge in [-0.2, -0.15) is 4.40 Å². The first-order valence-corrected chi connectivity index (χ1v) is 9.24. The Hall–Kier alpha value is -1.20. The van der Waals surface area contributed by atoms with Gasteiger partial charge in [-0.1, -0.05) is 25.7 Å². The first-order valence-electron chi connectivity index (χ1n) is 8.41. The van der Waals surface area contributed by atoms with E-state index >= 15 is 0 Å². The highest BCUT2D eigenvalue weighted by atomic mass is 32.2. The number of hydrogen-bond donors (Lipinski definition) is 2. The summed E-state index contributed by atoms with van der Waals surface area (Å²) >= 11 is 0.899. The van der Waals surface area contributed by atoms with E-state index in [2.05, 4.69) is 39.9 Å². The number of likely N-dealkylation sites (tertiary alicyclic amines) is 1. The lowest BCUT2D eigenvalue weighted by Crippen LogP contribution is -2.44. The Balaban J connectivity index is 2.62. The summed E-state index contributed by atoms with van der Waals surface area (Å²) in [4.78, 5) is 4.97. The maximum atomic E-state index is 5.75. The van der Waals surface area contributed by atoms with Gasteiger partial charge in [-0.05, 0) is 45.0 Å². The van der Waals surface area contributed by atoms with Crippen molar-refractivity contribution in [1.82, 2.24) is 9.80 Å². The van der Waals surface area contributed by atoms with E-state index < -0.39 is 0 Å². The van der Waals surface area contributed by atoms with E-state index in [1.54, 1.807) is 0 Å². The van der Waals surface area contributed by atoms with Crippen LogP contribution >= 0.6 is 12.1 Å². The highest BCUT2D eigenvalue weighted by molar-refractivity contribution is 7.95. The molecule has 1 heterocycles. The van der Waals surface area contributed by atoms with E-state index in [0.717, 1.165) is 44.0 Å². The quantitative estimate of drug-likeness (QED) is 0.234. The van der Waals surface area contributed by atoms with Crippen LogP contribution in [0.5, 0.6) is 0 Å². The second-order valence-corrected chi connectivity index (χ2v) is 5.95. The minimum atomic E-state index is 0.536. The van der Waals surface area contributed by atoms with Gasteiger partial charge in [0.05, 0.1) is 17.8 Å². The standard InChI is InChI=1S/C17H31N5S/c1-4-8-15(9-7-10-17(18)20-23-19)22-13-11-16(12-14-22)21(5-2)6-3/h4,7,9,16H,5-6,10-14,19H2,1-3H3,(H2,18,20)/b9-7-. The average Bonchev–Trinajstić information content (AvgIpc) is 2.56. The number of nitrogens with zero attached hydrogens (tertiary/aromatic N) is 3. The molecule has 0 aromatic carbocycles. The fraction of sp³-hybridized carbons (Fsp3) is 0.647. The molecule has 6 heteroatoms. The molecule has 1 saturated heterocycles. The molecule has 0 atom stereocenters. The molecule has 0 aliphatic carbocycles. The Labute approximate surface area is 145 Å². The summed E-state index contributed by atoms with van der Waals surface area (Å²) in [6.45, 7) is 10.9. The smallest absolute Gasteiger partial charge is 0.113 e. The van der Waals surface area contributed by atoms with Gasteiger partial charge in [0.15, 0.2) is 0 Å². The van der Waals surface area contributed by atoms with Crippen LogP contribution in [0.2, 0.25) is 0 Å².